The Kier molecular flexibility index (Phi) is 6.33. The minimum absolute atomic E-state index is 0.00323. The van der Waals surface area contributed by atoms with E-state index in [-0.39, 0.29) is 16.5 Å². The van der Waals surface area contributed by atoms with Crippen LogP contribution in [0.15, 0.2) is 53.7 Å². The summed E-state index contributed by atoms with van der Waals surface area (Å²) in [6, 6.07) is 12.2. The molecular weight excluding hydrogens is 427 g/mol. The van der Waals surface area contributed by atoms with E-state index in [9.17, 15) is 18.0 Å². The molecule has 0 unspecified atom stereocenters. The van der Waals surface area contributed by atoms with Crippen molar-refractivity contribution >= 4 is 35.0 Å². The number of anilines is 1. The van der Waals surface area contributed by atoms with E-state index < -0.39 is 17.6 Å². The zero-order valence-corrected chi connectivity index (χ0v) is 16.4. The van der Waals surface area contributed by atoms with Gasteiger partial charge >= 0.3 is 6.18 Å². The fourth-order valence-electron chi connectivity index (χ4n) is 2.42. The van der Waals surface area contributed by atoms with Crippen molar-refractivity contribution in [2.45, 2.75) is 17.8 Å². The fourth-order valence-corrected chi connectivity index (χ4v) is 3.26. The van der Waals surface area contributed by atoms with Crippen molar-refractivity contribution < 1.29 is 18.0 Å². The lowest BCUT2D eigenvalue weighted by Gasteiger charge is -2.11. The van der Waals surface area contributed by atoms with Gasteiger partial charge in [-0.25, -0.2) is 4.68 Å². The lowest BCUT2D eigenvalue weighted by molar-refractivity contribution is -0.137. The highest BCUT2D eigenvalue weighted by Gasteiger charge is 2.31. The van der Waals surface area contributed by atoms with Crippen molar-refractivity contribution in [3.05, 3.63) is 70.5 Å². The van der Waals surface area contributed by atoms with Gasteiger partial charge in [-0.2, -0.15) is 13.2 Å². The molecule has 0 saturated carbocycles. The van der Waals surface area contributed by atoms with Gasteiger partial charge in [0.2, 0.25) is 11.1 Å². The lowest BCUT2D eigenvalue weighted by atomic mass is 10.1. The first kappa shape index (κ1) is 21.0. The number of hydrogen-bond acceptors (Lipinski definition) is 5. The van der Waals surface area contributed by atoms with E-state index in [1.54, 1.807) is 0 Å². The first-order valence-electron chi connectivity index (χ1n) is 8.26. The van der Waals surface area contributed by atoms with Crippen LogP contribution >= 0.6 is 23.4 Å². The summed E-state index contributed by atoms with van der Waals surface area (Å²) in [5.41, 5.74) is -0.0248. The maximum atomic E-state index is 12.8. The molecule has 3 N–H and O–H groups in total. The van der Waals surface area contributed by atoms with Gasteiger partial charge in [0.15, 0.2) is 5.82 Å². The van der Waals surface area contributed by atoms with Gasteiger partial charge in [0.05, 0.1) is 22.0 Å². The molecule has 1 aromatic heterocycles. The second kappa shape index (κ2) is 8.75. The first-order valence-corrected chi connectivity index (χ1v) is 9.63. The Labute approximate surface area is 173 Å². The molecule has 3 aromatic rings. The van der Waals surface area contributed by atoms with Crippen LogP contribution in [-0.4, -0.2) is 26.5 Å². The van der Waals surface area contributed by atoms with Crippen molar-refractivity contribution in [2.75, 3.05) is 16.9 Å². The molecule has 1 heterocycles. The van der Waals surface area contributed by atoms with Crippen LogP contribution in [0.4, 0.5) is 18.9 Å². The van der Waals surface area contributed by atoms with Gasteiger partial charge < -0.3 is 11.2 Å². The van der Waals surface area contributed by atoms with Crippen LogP contribution in [0.3, 0.4) is 0 Å². The molecule has 0 spiro atoms. The number of hydrogen-bond donors (Lipinski definition) is 2. The van der Waals surface area contributed by atoms with Crippen LogP contribution in [0.2, 0.25) is 5.02 Å². The predicted molar refractivity (Wildman–Crippen MR) is 105 cm³/mol. The Morgan fingerprint density at radius 1 is 1.17 bits per heavy atom. The summed E-state index contributed by atoms with van der Waals surface area (Å²) in [5, 5.41) is 10.6. The summed E-state index contributed by atoms with van der Waals surface area (Å²) in [6.07, 6.45) is -4.07. The minimum atomic E-state index is -4.54. The monoisotopic (exact) mass is 441 g/mol. The average Bonchev–Trinajstić information content (AvgIpc) is 3.01. The Balaban J connectivity index is 1.62. The molecule has 0 radical (unpaired) electrons. The van der Waals surface area contributed by atoms with Gasteiger partial charge in [0.1, 0.15) is 0 Å². The third-order valence-electron chi connectivity index (χ3n) is 3.84. The van der Waals surface area contributed by atoms with Gasteiger partial charge in [-0.05, 0) is 23.8 Å². The fraction of sp³-hybridized carbons (Fsp3) is 0.167. The van der Waals surface area contributed by atoms with E-state index in [2.05, 4.69) is 15.5 Å². The predicted octanol–water partition coefficient (Wildman–Crippen LogP) is 3.99. The molecule has 0 aliphatic rings. The van der Waals surface area contributed by atoms with E-state index in [1.165, 1.54) is 4.68 Å². The van der Waals surface area contributed by atoms with Crippen LogP contribution in [0, 0.1) is 0 Å². The number of rotatable bonds is 6. The SMILES string of the molecule is Nn1c(Cc2ccccc2)nnc1SCC(=O)Nc1cc(C(F)(F)F)ccc1Cl. The molecule has 0 aliphatic heterocycles. The van der Waals surface area contributed by atoms with Crippen LogP contribution in [0.5, 0.6) is 0 Å². The van der Waals surface area contributed by atoms with Crippen molar-refractivity contribution in [2.24, 2.45) is 0 Å². The Morgan fingerprint density at radius 3 is 2.59 bits per heavy atom. The molecular formula is C18H15ClF3N5OS. The lowest BCUT2D eigenvalue weighted by Crippen LogP contribution is -2.18. The van der Waals surface area contributed by atoms with Gasteiger partial charge in [0, 0.05) is 6.42 Å². The first-order chi connectivity index (χ1) is 13.7. The molecule has 6 nitrogen and oxygen atoms in total. The maximum absolute atomic E-state index is 12.8. The molecule has 3 rings (SSSR count). The standard InChI is InChI=1S/C18H15ClF3N5OS/c19-13-7-6-12(18(20,21)22)9-14(13)24-16(28)10-29-17-26-25-15(27(17)23)8-11-4-2-1-3-5-11/h1-7,9H,8,10,23H2,(H,24,28). The summed E-state index contributed by atoms with van der Waals surface area (Å²) >= 11 is 6.89. The number of carbonyl (C=O) groups is 1. The number of nitrogens with two attached hydrogens (primary N) is 1. The van der Waals surface area contributed by atoms with Gasteiger partial charge in [-0.3, -0.25) is 4.79 Å². The average molecular weight is 442 g/mol. The molecule has 2 aromatic carbocycles. The van der Waals surface area contributed by atoms with Crippen molar-refractivity contribution in [3.63, 3.8) is 0 Å². The minimum Gasteiger partial charge on any atom is -0.336 e. The summed E-state index contributed by atoms with van der Waals surface area (Å²) in [6.45, 7) is 0. The maximum Gasteiger partial charge on any atom is 0.416 e. The summed E-state index contributed by atoms with van der Waals surface area (Å²) in [7, 11) is 0. The van der Waals surface area contributed by atoms with Crippen LogP contribution in [-0.2, 0) is 17.4 Å². The number of alkyl halides is 3. The Morgan fingerprint density at radius 2 is 1.90 bits per heavy atom. The largest absolute Gasteiger partial charge is 0.416 e. The molecule has 0 aliphatic carbocycles. The number of carbonyl (C=O) groups excluding carboxylic acids is 1. The van der Waals surface area contributed by atoms with Gasteiger partial charge in [-0.15, -0.1) is 10.2 Å². The van der Waals surface area contributed by atoms with Crippen LogP contribution in [0.25, 0.3) is 0 Å². The second-order valence-electron chi connectivity index (χ2n) is 5.96. The summed E-state index contributed by atoms with van der Waals surface area (Å²) in [5.74, 6) is 5.81. The van der Waals surface area contributed by atoms with E-state index in [0.717, 1.165) is 35.5 Å². The third kappa shape index (κ3) is 5.42. The number of nitrogens with one attached hydrogen (secondary N) is 1. The number of nitrogens with zero attached hydrogens (tertiary/aromatic N) is 3. The number of nitrogen functional groups attached to an aromatic ring is 1. The molecule has 11 heteroatoms. The highest BCUT2D eigenvalue weighted by Crippen LogP contribution is 2.33. The van der Waals surface area contributed by atoms with Crippen molar-refractivity contribution in [1.29, 1.82) is 0 Å². The van der Waals surface area contributed by atoms with Gasteiger partial charge in [0.25, 0.3) is 0 Å². The molecule has 152 valence electrons. The molecule has 0 saturated heterocycles. The summed E-state index contributed by atoms with van der Waals surface area (Å²) < 4.78 is 39.7. The smallest absolute Gasteiger partial charge is 0.336 e. The zero-order valence-electron chi connectivity index (χ0n) is 14.8. The van der Waals surface area contributed by atoms with E-state index in [1.807, 2.05) is 30.3 Å². The Bertz CT molecular complexity index is 1010. The topological polar surface area (TPSA) is 85.8 Å². The zero-order chi connectivity index (χ0) is 21.0. The normalized spacial score (nSPS) is 11.4. The number of amides is 1. The van der Waals surface area contributed by atoms with E-state index >= 15 is 0 Å². The van der Waals surface area contributed by atoms with E-state index in [0.29, 0.717) is 17.4 Å². The summed E-state index contributed by atoms with van der Waals surface area (Å²) in [4.78, 5) is 12.1. The Hall–Kier alpha value is -2.72. The quantitative estimate of drug-likeness (QED) is 0.446. The highest BCUT2D eigenvalue weighted by atomic mass is 35.5. The molecule has 29 heavy (non-hydrogen) atoms. The third-order valence-corrected chi connectivity index (χ3v) is 5.11. The van der Waals surface area contributed by atoms with E-state index in [4.69, 9.17) is 17.4 Å². The molecule has 0 atom stereocenters. The number of benzene rings is 2. The van der Waals surface area contributed by atoms with Crippen LogP contribution in [0.1, 0.15) is 17.0 Å². The molecule has 0 bridgehead atoms. The molecule has 0 fully saturated rings. The molecule has 1 amide bonds. The van der Waals surface area contributed by atoms with Crippen molar-refractivity contribution in [1.82, 2.24) is 14.9 Å². The van der Waals surface area contributed by atoms with Gasteiger partial charge in [-0.1, -0.05) is 53.7 Å². The number of thioether (sulfide) groups is 1. The highest BCUT2D eigenvalue weighted by molar-refractivity contribution is 7.99. The second-order valence-corrected chi connectivity index (χ2v) is 7.31. The van der Waals surface area contributed by atoms with Crippen LogP contribution < -0.4 is 11.2 Å². The van der Waals surface area contributed by atoms with Crippen molar-refractivity contribution in [3.8, 4) is 0 Å². The number of halogens is 4. The number of aromatic nitrogens is 3.